The summed E-state index contributed by atoms with van der Waals surface area (Å²) in [5.41, 5.74) is 2.10. The van der Waals surface area contributed by atoms with E-state index in [4.69, 9.17) is 0 Å². The Morgan fingerprint density at radius 3 is 2.30 bits per heavy atom. The number of hydrogen-bond acceptors (Lipinski definition) is 2. The van der Waals surface area contributed by atoms with Gasteiger partial charge in [0.25, 0.3) is 5.91 Å². The first-order chi connectivity index (χ1) is 10.9. The van der Waals surface area contributed by atoms with E-state index in [1.165, 1.54) is 0 Å². The van der Waals surface area contributed by atoms with Crippen LogP contribution in [0.3, 0.4) is 0 Å². The zero-order chi connectivity index (χ0) is 16.7. The van der Waals surface area contributed by atoms with Crippen molar-refractivity contribution >= 4 is 17.5 Å². The van der Waals surface area contributed by atoms with Gasteiger partial charge in [-0.15, -0.1) is 0 Å². The average Bonchev–Trinajstić information content (AvgIpc) is 2.77. The number of hydrogen-bond donors (Lipinski definition) is 0. The van der Waals surface area contributed by atoms with Crippen molar-refractivity contribution in [3.63, 3.8) is 0 Å². The molecule has 2 amide bonds. The average molecular weight is 312 g/mol. The van der Waals surface area contributed by atoms with E-state index in [-0.39, 0.29) is 11.8 Å². The molecule has 0 N–H and O–H groups in total. The fourth-order valence-corrected chi connectivity index (χ4v) is 3.93. The third kappa shape index (κ3) is 2.67. The van der Waals surface area contributed by atoms with Crippen LogP contribution in [0, 0.1) is 11.8 Å². The van der Waals surface area contributed by atoms with E-state index in [1.807, 2.05) is 23.1 Å². The smallest absolute Gasteiger partial charge is 0.259 e. The minimum atomic E-state index is -0.514. The molecular weight excluding hydrogens is 288 g/mol. The van der Waals surface area contributed by atoms with Crippen LogP contribution in [0.4, 0.5) is 0 Å². The maximum atomic E-state index is 12.9. The fraction of sp³-hybridized carbons (Fsp3) is 0.474. The molecule has 0 bridgehead atoms. The molecule has 122 valence electrons. The lowest BCUT2D eigenvalue weighted by atomic mass is 9.91. The summed E-state index contributed by atoms with van der Waals surface area (Å²) in [4.78, 5) is 29.0. The molecule has 0 saturated carbocycles. The lowest BCUT2D eigenvalue weighted by Crippen LogP contribution is -2.51. The molecule has 4 nitrogen and oxygen atoms in total. The number of piperidine rings is 1. The van der Waals surface area contributed by atoms with Gasteiger partial charge in [-0.1, -0.05) is 38.6 Å². The minimum absolute atomic E-state index is 0.0192. The first-order valence-electron chi connectivity index (χ1n) is 8.30. The van der Waals surface area contributed by atoms with Gasteiger partial charge in [0.15, 0.2) is 0 Å². The molecule has 0 aromatic heterocycles. The molecule has 23 heavy (non-hydrogen) atoms. The Hall–Kier alpha value is -2.10. The first kappa shape index (κ1) is 15.8. The summed E-state index contributed by atoms with van der Waals surface area (Å²) < 4.78 is 0. The quantitative estimate of drug-likeness (QED) is 0.842. The molecule has 1 fully saturated rings. The molecule has 2 aliphatic rings. The Morgan fingerprint density at radius 1 is 1.17 bits per heavy atom. The van der Waals surface area contributed by atoms with Gasteiger partial charge >= 0.3 is 0 Å². The second-order valence-corrected chi connectivity index (χ2v) is 7.03. The molecule has 0 spiro atoms. The molecule has 1 aromatic carbocycles. The Labute approximate surface area is 137 Å². The van der Waals surface area contributed by atoms with Crippen molar-refractivity contribution < 1.29 is 9.59 Å². The Balaban J connectivity index is 1.81. The summed E-state index contributed by atoms with van der Waals surface area (Å²) in [6, 6.07) is 6.90. The van der Waals surface area contributed by atoms with Gasteiger partial charge in [-0.2, -0.15) is 0 Å². The molecular formula is C19H24N2O2. The summed E-state index contributed by atoms with van der Waals surface area (Å²) in [6.07, 6.45) is 1.15. The molecule has 2 heterocycles. The third-order valence-corrected chi connectivity index (χ3v) is 4.90. The van der Waals surface area contributed by atoms with Gasteiger partial charge in [0.1, 0.15) is 6.04 Å². The summed E-state index contributed by atoms with van der Waals surface area (Å²) in [6.45, 7) is 11.7. The lowest BCUT2D eigenvalue weighted by molar-refractivity contribution is -0.137. The lowest BCUT2D eigenvalue weighted by Gasteiger charge is -2.38. The Bertz CT molecular complexity index is 622. The summed E-state index contributed by atoms with van der Waals surface area (Å²) >= 11 is 0. The SMILES string of the molecule is C=C1c2ccccc2C(=O)N1C(C)C(=O)N1CC(C)CC(C)C1. The second kappa shape index (κ2) is 5.84. The van der Waals surface area contributed by atoms with E-state index in [9.17, 15) is 9.59 Å². The van der Waals surface area contributed by atoms with Crippen molar-refractivity contribution in [3.8, 4) is 0 Å². The number of carbonyl (C=O) groups excluding carboxylic acids is 2. The minimum Gasteiger partial charge on any atom is -0.340 e. The number of benzene rings is 1. The summed E-state index contributed by atoms with van der Waals surface area (Å²) in [5.74, 6) is 0.907. The van der Waals surface area contributed by atoms with Crippen molar-refractivity contribution in [2.24, 2.45) is 11.8 Å². The van der Waals surface area contributed by atoms with E-state index < -0.39 is 6.04 Å². The Morgan fingerprint density at radius 2 is 1.74 bits per heavy atom. The van der Waals surface area contributed by atoms with Crippen LogP contribution in [0.15, 0.2) is 30.8 Å². The molecule has 3 unspecified atom stereocenters. The van der Waals surface area contributed by atoms with Crippen LogP contribution in [-0.4, -0.2) is 40.7 Å². The van der Waals surface area contributed by atoms with Crippen molar-refractivity contribution in [2.45, 2.75) is 33.2 Å². The number of likely N-dealkylation sites (tertiary alicyclic amines) is 1. The number of carbonyl (C=O) groups is 2. The van der Waals surface area contributed by atoms with Gasteiger partial charge in [-0.05, 0) is 31.2 Å². The maximum Gasteiger partial charge on any atom is 0.259 e. The monoisotopic (exact) mass is 312 g/mol. The fourth-order valence-electron chi connectivity index (χ4n) is 3.93. The van der Waals surface area contributed by atoms with Crippen LogP contribution in [0.5, 0.6) is 0 Å². The van der Waals surface area contributed by atoms with Crippen molar-refractivity contribution in [2.75, 3.05) is 13.1 Å². The van der Waals surface area contributed by atoms with Crippen molar-refractivity contribution in [1.29, 1.82) is 0 Å². The standard InChI is InChI=1S/C19H24N2O2/c1-12-9-13(2)11-20(10-12)18(22)15(4)21-14(3)16-7-5-6-8-17(16)19(21)23/h5-8,12-13,15H,3,9-11H2,1-2,4H3. The zero-order valence-corrected chi connectivity index (χ0v) is 14.1. The zero-order valence-electron chi connectivity index (χ0n) is 14.1. The highest BCUT2D eigenvalue weighted by Crippen LogP contribution is 2.33. The molecule has 0 radical (unpaired) electrons. The van der Waals surface area contributed by atoms with Crippen LogP contribution in [0.25, 0.3) is 5.70 Å². The van der Waals surface area contributed by atoms with Crippen LogP contribution < -0.4 is 0 Å². The van der Waals surface area contributed by atoms with Crippen LogP contribution >= 0.6 is 0 Å². The predicted molar refractivity (Wildman–Crippen MR) is 90.6 cm³/mol. The summed E-state index contributed by atoms with van der Waals surface area (Å²) in [5, 5.41) is 0. The molecule has 3 rings (SSSR count). The Kier molecular flexibility index (Phi) is 4.00. The largest absolute Gasteiger partial charge is 0.340 e. The van der Waals surface area contributed by atoms with E-state index in [2.05, 4.69) is 20.4 Å². The van der Waals surface area contributed by atoms with Gasteiger partial charge < -0.3 is 4.90 Å². The van der Waals surface area contributed by atoms with Gasteiger partial charge in [-0.3, -0.25) is 14.5 Å². The molecule has 1 aromatic rings. The molecule has 4 heteroatoms. The van der Waals surface area contributed by atoms with Crippen LogP contribution in [-0.2, 0) is 4.79 Å². The van der Waals surface area contributed by atoms with Gasteiger partial charge in [-0.25, -0.2) is 0 Å². The van der Waals surface area contributed by atoms with Gasteiger partial charge in [0.05, 0.1) is 0 Å². The maximum absolute atomic E-state index is 12.9. The molecule has 1 saturated heterocycles. The van der Waals surface area contributed by atoms with E-state index in [1.54, 1.807) is 17.9 Å². The topological polar surface area (TPSA) is 40.6 Å². The molecule has 2 aliphatic heterocycles. The highest BCUT2D eigenvalue weighted by atomic mass is 16.2. The van der Waals surface area contributed by atoms with E-state index in [0.29, 0.717) is 23.1 Å². The highest BCUT2D eigenvalue weighted by Gasteiger charge is 2.39. The van der Waals surface area contributed by atoms with Gasteiger partial charge in [0.2, 0.25) is 5.91 Å². The van der Waals surface area contributed by atoms with Crippen molar-refractivity contribution in [3.05, 3.63) is 42.0 Å². The van der Waals surface area contributed by atoms with Crippen LogP contribution in [0.1, 0.15) is 43.1 Å². The highest BCUT2D eigenvalue weighted by molar-refractivity contribution is 6.10. The van der Waals surface area contributed by atoms with Gasteiger partial charge in [0, 0.05) is 29.9 Å². The third-order valence-electron chi connectivity index (χ3n) is 4.90. The number of rotatable bonds is 2. The molecule has 0 aliphatic carbocycles. The predicted octanol–water partition coefficient (Wildman–Crippen LogP) is 3.01. The summed E-state index contributed by atoms with van der Waals surface area (Å²) in [7, 11) is 0. The van der Waals surface area contributed by atoms with Crippen molar-refractivity contribution in [1.82, 2.24) is 9.80 Å². The number of nitrogens with zero attached hydrogens (tertiary/aromatic N) is 2. The normalized spacial score (nSPS) is 25.5. The van der Waals surface area contributed by atoms with E-state index >= 15 is 0 Å². The van der Waals surface area contributed by atoms with Crippen LogP contribution in [0.2, 0.25) is 0 Å². The van der Waals surface area contributed by atoms with E-state index in [0.717, 1.165) is 25.1 Å². The number of fused-ring (bicyclic) bond motifs is 1. The first-order valence-corrected chi connectivity index (χ1v) is 8.30. The number of amides is 2. The second-order valence-electron chi connectivity index (χ2n) is 7.03. The molecule has 3 atom stereocenters.